The maximum Gasteiger partial charge on any atom is 0.0972 e. The number of rotatable bonds is 6. The summed E-state index contributed by atoms with van der Waals surface area (Å²) in [6.45, 7) is 3.79. The first-order chi connectivity index (χ1) is 9.60. The van der Waals surface area contributed by atoms with Crippen molar-refractivity contribution in [3.63, 3.8) is 0 Å². The molecule has 2 heterocycles. The molecule has 2 N–H and O–H groups in total. The molecule has 1 aliphatic heterocycles. The van der Waals surface area contributed by atoms with Gasteiger partial charge in [0.1, 0.15) is 0 Å². The molecule has 6 heteroatoms. The van der Waals surface area contributed by atoms with Crippen LogP contribution in [0, 0.1) is 0 Å². The zero-order valence-electron chi connectivity index (χ0n) is 12.8. The maximum atomic E-state index is 6.35. The predicted molar refractivity (Wildman–Crippen MR) is 77.4 cm³/mol. The third kappa shape index (κ3) is 3.03. The molecule has 0 aliphatic carbocycles. The smallest absolute Gasteiger partial charge is 0.0972 e. The lowest BCUT2D eigenvalue weighted by molar-refractivity contribution is -0.00461. The maximum absolute atomic E-state index is 6.35. The molecule has 20 heavy (non-hydrogen) atoms. The number of hydrogen-bond donors (Lipinski definition) is 1. The van der Waals surface area contributed by atoms with Gasteiger partial charge in [0.05, 0.1) is 24.4 Å². The fourth-order valence-corrected chi connectivity index (χ4v) is 3.00. The van der Waals surface area contributed by atoms with Crippen LogP contribution in [-0.4, -0.2) is 60.2 Å². The molecule has 1 aliphatic rings. The number of hydrogen-bond acceptors (Lipinski definition) is 5. The summed E-state index contributed by atoms with van der Waals surface area (Å²) in [6.07, 6.45) is 5.07. The molecule has 1 aromatic rings. The number of likely N-dealkylation sites (tertiary alicyclic amines) is 1. The Labute approximate surface area is 120 Å². The molecule has 1 saturated heterocycles. The van der Waals surface area contributed by atoms with Crippen LogP contribution in [0.25, 0.3) is 0 Å². The molecular formula is C14H26N4O2. The molecule has 4 atom stereocenters. The van der Waals surface area contributed by atoms with Gasteiger partial charge in [-0.3, -0.25) is 9.58 Å². The lowest BCUT2D eigenvalue weighted by Gasteiger charge is -2.31. The molecule has 114 valence electrons. The van der Waals surface area contributed by atoms with E-state index in [1.807, 2.05) is 24.1 Å². The van der Waals surface area contributed by atoms with Crippen molar-refractivity contribution in [1.82, 2.24) is 14.7 Å². The number of ether oxygens (including phenoxy) is 2. The Kier molecular flexibility index (Phi) is 5.15. The van der Waals surface area contributed by atoms with Crippen molar-refractivity contribution in [3.05, 3.63) is 18.0 Å². The lowest BCUT2D eigenvalue weighted by Crippen LogP contribution is -2.40. The molecule has 1 fully saturated rings. The van der Waals surface area contributed by atoms with Crippen molar-refractivity contribution in [2.24, 2.45) is 12.8 Å². The summed E-state index contributed by atoms with van der Waals surface area (Å²) in [5, 5.41) is 4.28. The Morgan fingerprint density at radius 1 is 1.35 bits per heavy atom. The quantitative estimate of drug-likeness (QED) is 0.825. The number of aromatic nitrogens is 2. The van der Waals surface area contributed by atoms with Crippen molar-refractivity contribution in [2.75, 3.05) is 27.3 Å². The number of nitrogens with zero attached hydrogens (tertiary/aromatic N) is 3. The van der Waals surface area contributed by atoms with Gasteiger partial charge >= 0.3 is 0 Å². The van der Waals surface area contributed by atoms with Crippen LogP contribution in [-0.2, 0) is 16.5 Å². The van der Waals surface area contributed by atoms with Crippen LogP contribution >= 0.6 is 0 Å². The van der Waals surface area contributed by atoms with Gasteiger partial charge in [-0.15, -0.1) is 0 Å². The van der Waals surface area contributed by atoms with E-state index < -0.39 is 0 Å². The second kappa shape index (κ2) is 6.67. The van der Waals surface area contributed by atoms with E-state index in [2.05, 4.69) is 16.9 Å². The zero-order valence-corrected chi connectivity index (χ0v) is 12.8. The third-order valence-corrected chi connectivity index (χ3v) is 4.19. The van der Waals surface area contributed by atoms with Crippen molar-refractivity contribution >= 4 is 0 Å². The Morgan fingerprint density at radius 3 is 2.35 bits per heavy atom. The number of nitrogens with two attached hydrogens (primary N) is 1. The average molecular weight is 282 g/mol. The minimum atomic E-state index is 0.0762. The van der Waals surface area contributed by atoms with Gasteiger partial charge in [-0.05, 0) is 6.42 Å². The molecule has 0 amide bonds. The number of methoxy groups -OCH3 is 2. The molecule has 0 bridgehead atoms. The van der Waals surface area contributed by atoms with E-state index in [1.165, 1.54) is 0 Å². The SMILES string of the molecule is CCC(N)C(c1cnn(C)c1)N1CC(OC)C(OC)C1. The minimum absolute atomic E-state index is 0.0762. The van der Waals surface area contributed by atoms with Crippen LogP contribution in [0.1, 0.15) is 24.9 Å². The average Bonchev–Trinajstić information content (AvgIpc) is 3.05. The van der Waals surface area contributed by atoms with Gasteiger partial charge in [0, 0.05) is 52.2 Å². The van der Waals surface area contributed by atoms with Crippen molar-refractivity contribution in [3.8, 4) is 0 Å². The topological polar surface area (TPSA) is 65.5 Å². The van der Waals surface area contributed by atoms with Gasteiger partial charge in [0.25, 0.3) is 0 Å². The van der Waals surface area contributed by atoms with E-state index >= 15 is 0 Å². The fraction of sp³-hybridized carbons (Fsp3) is 0.786. The summed E-state index contributed by atoms with van der Waals surface area (Å²) in [7, 11) is 5.40. The Balaban J connectivity index is 2.20. The first-order valence-corrected chi connectivity index (χ1v) is 7.14. The van der Waals surface area contributed by atoms with Gasteiger partial charge < -0.3 is 15.2 Å². The minimum Gasteiger partial charge on any atom is -0.377 e. The van der Waals surface area contributed by atoms with Gasteiger partial charge in [0.15, 0.2) is 0 Å². The fourth-order valence-electron chi connectivity index (χ4n) is 3.00. The van der Waals surface area contributed by atoms with E-state index in [0.717, 1.165) is 25.1 Å². The normalized spacial score (nSPS) is 26.9. The van der Waals surface area contributed by atoms with Crippen LogP contribution in [0.2, 0.25) is 0 Å². The predicted octanol–water partition coefficient (Wildman–Crippen LogP) is 0.544. The summed E-state index contributed by atoms with van der Waals surface area (Å²) < 4.78 is 12.9. The van der Waals surface area contributed by atoms with E-state index in [-0.39, 0.29) is 24.3 Å². The van der Waals surface area contributed by atoms with E-state index in [4.69, 9.17) is 15.2 Å². The van der Waals surface area contributed by atoms with Crippen molar-refractivity contribution < 1.29 is 9.47 Å². The first kappa shape index (κ1) is 15.4. The molecule has 6 nitrogen and oxygen atoms in total. The Hall–Kier alpha value is -0.950. The zero-order chi connectivity index (χ0) is 14.7. The Morgan fingerprint density at radius 2 is 1.95 bits per heavy atom. The summed E-state index contributed by atoms with van der Waals surface area (Å²) in [5.74, 6) is 0. The monoisotopic (exact) mass is 282 g/mol. The molecule has 0 saturated carbocycles. The van der Waals surface area contributed by atoms with Gasteiger partial charge in [0.2, 0.25) is 0 Å². The Bertz CT molecular complexity index is 411. The van der Waals surface area contributed by atoms with Crippen LogP contribution in [0.3, 0.4) is 0 Å². The second-order valence-electron chi connectivity index (χ2n) is 5.47. The summed E-state index contributed by atoms with van der Waals surface area (Å²) in [5.41, 5.74) is 7.51. The summed E-state index contributed by atoms with van der Waals surface area (Å²) in [6, 6.07) is 0.235. The van der Waals surface area contributed by atoms with Gasteiger partial charge in [-0.25, -0.2) is 0 Å². The van der Waals surface area contributed by atoms with Crippen LogP contribution in [0.5, 0.6) is 0 Å². The molecule has 0 aromatic carbocycles. The molecule has 0 spiro atoms. The van der Waals surface area contributed by atoms with E-state index in [1.54, 1.807) is 14.2 Å². The van der Waals surface area contributed by atoms with Crippen LogP contribution in [0.15, 0.2) is 12.4 Å². The summed E-state index contributed by atoms with van der Waals surface area (Å²) in [4.78, 5) is 2.35. The van der Waals surface area contributed by atoms with Crippen molar-refractivity contribution in [2.45, 2.75) is 37.6 Å². The molecular weight excluding hydrogens is 256 g/mol. The highest BCUT2D eigenvalue weighted by Gasteiger charge is 2.39. The van der Waals surface area contributed by atoms with Crippen LogP contribution < -0.4 is 5.73 Å². The highest BCUT2D eigenvalue weighted by atomic mass is 16.5. The van der Waals surface area contributed by atoms with E-state index in [0.29, 0.717) is 0 Å². The number of aryl methyl sites for hydroxylation is 1. The standard InChI is InChI=1S/C14H26N4O2/c1-5-11(15)14(10-6-16-17(2)7-10)18-8-12(19-3)13(9-18)20-4/h6-7,11-14H,5,8-9,15H2,1-4H3. The molecule has 1 aromatic heterocycles. The first-order valence-electron chi connectivity index (χ1n) is 7.14. The third-order valence-electron chi connectivity index (χ3n) is 4.19. The second-order valence-corrected chi connectivity index (χ2v) is 5.47. The highest BCUT2D eigenvalue weighted by molar-refractivity contribution is 5.14. The van der Waals surface area contributed by atoms with Gasteiger partial charge in [-0.1, -0.05) is 6.92 Å². The van der Waals surface area contributed by atoms with Gasteiger partial charge in [-0.2, -0.15) is 5.10 Å². The van der Waals surface area contributed by atoms with Crippen molar-refractivity contribution in [1.29, 1.82) is 0 Å². The summed E-state index contributed by atoms with van der Waals surface area (Å²) >= 11 is 0. The molecule has 4 unspecified atom stereocenters. The lowest BCUT2D eigenvalue weighted by atomic mass is 9.99. The highest BCUT2D eigenvalue weighted by Crippen LogP contribution is 2.30. The molecule has 0 radical (unpaired) electrons. The van der Waals surface area contributed by atoms with E-state index in [9.17, 15) is 0 Å². The molecule has 2 rings (SSSR count). The van der Waals surface area contributed by atoms with Crippen LogP contribution in [0.4, 0.5) is 0 Å². The largest absolute Gasteiger partial charge is 0.377 e.